The van der Waals surface area contributed by atoms with E-state index in [4.69, 9.17) is 4.74 Å². The molecule has 0 aromatic rings. The summed E-state index contributed by atoms with van der Waals surface area (Å²) in [7, 11) is 0. The summed E-state index contributed by atoms with van der Waals surface area (Å²) in [5, 5.41) is 9.33. The monoisotopic (exact) mass is 200 g/mol. The van der Waals surface area contributed by atoms with Gasteiger partial charge in [0, 0.05) is 0 Å². The molecule has 0 aromatic carbocycles. The summed E-state index contributed by atoms with van der Waals surface area (Å²) >= 11 is 0. The third-order valence-corrected chi connectivity index (χ3v) is 3.61. The lowest BCUT2D eigenvalue weighted by Gasteiger charge is -2.40. The second-order valence-corrected chi connectivity index (χ2v) is 4.72. The summed E-state index contributed by atoms with van der Waals surface area (Å²) in [6.07, 6.45) is 6.89. The van der Waals surface area contributed by atoms with Crippen molar-refractivity contribution in [2.75, 3.05) is 0 Å². The lowest BCUT2D eigenvalue weighted by Crippen LogP contribution is -2.40. The van der Waals surface area contributed by atoms with Gasteiger partial charge in [0.25, 0.3) is 0 Å². The Balaban J connectivity index is 2.56. The first-order chi connectivity index (χ1) is 6.58. The molecule has 0 radical (unpaired) electrons. The van der Waals surface area contributed by atoms with Gasteiger partial charge in [-0.1, -0.05) is 26.2 Å². The molecule has 0 heterocycles. The van der Waals surface area contributed by atoms with Crippen molar-refractivity contribution in [3.63, 3.8) is 0 Å². The molecule has 0 saturated heterocycles. The minimum atomic E-state index is -0.637. The topological polar surface area (TPSA) is 29.5 Å². The highest BCUT2D eigenvalue weighted by Gasteiger charge is 2.35. The zero-order chi connectivity index (χ0) is 10.6. The number of hydrogen-bond donors (Lipinski definition) is 1. The third-order valence-electron chi connectivity index (χ3n) is 3.61. The van der Waals surface area contributed by atoms with E-state index < -0.39 is 6.29 Å². The average Bonchev–Trinajstić information content (AvgIpc) is 2.18. The maximum absolute atomic E-state index is 9.33. The molecule has 1 N–H and O–H groups in total. The summed E-state index contributed by atoms with van der Waals surface area (Å²) in [6, 6.07) is 0. The third kappa shape index (κ3) is 2.96. The first-order valence-corrected chi connectivity index (χ1v) is 5.94. The maximum Gasteiger partial charge on any atom is 0.152 e. The van der Waals surface area contributed by atoms with Gasteiger partial charge in [0.2, 0.25) is 0 Å². The van der Waals surface area contributed by atoms with Crippen molar-refractivity contribution in [3.8, 4) is 0 Å². The average molecular weight is 200 g/mol. The molecule has 84 valence electrons. The quantitative estimate of drug-likeness (QED) is 0.707. The largest absolute Gasteiger partial charge is 0.368 e. The van der Waals surface area contributed by atoms with Crippen molar-refractivity contribution in [2.45, 2.75) is 71.2 Å². The minimum Gasteiger partial charge on any atom is -0.368 e. The van der Waals surface area contributed by atoms with Crippen LogP contribution < -0.4 is 0 Å². The van der Waals surface area contributed by atoms with Gasteiger partial charge >= 0.3 is 0 Å². The fourth-order valence-electron chi connectivity index (χ4n) is 2.57. The van der Waals surface area contributed by atoms with Gasteiger partial charge in [0.05, 0.1) is 5.60 Å². The highest BCUT2D eigenvalue weighted by Crippen LogP contribution is 2.37. The predicted molar refractivity (Wildman–Crippen MR) is 58.0 cm³/mol. The molecule has 1 saturated carbocycles. The molecule has 1 rings (SSSR count). The summed E-state index contributed by atoms with van der Waals surface area (Å²) in [4.78, 5) is 0. The Morgan fingerprint density at radius 3 is 2.36 bits per heavy atom. The fraction of sp³-hybridized carbons (Fsp3) is 1.00. The van der Waals surface area contributed by atoms with Crippen LogP contribution in [0, 0.1) is 5.92 Å². The Hall–Kier alpha value is -0.0800. The molecule has 2 unspecified atom stereocenters. The van der Waals surface area contributed by atoms with Crippen LogP contribution in [0.3, 0.4) is 0 Å². The highest BCUT2D eigenvalue weighted by atomic mass is 16.6. The van der Waals surface area contributed by atoms with Crippen LogP contribution in [0.25, 0.3) is 0 Å². The summed E-state index contributed by atoms with van der Waals surface area (Å²) < 4.78 is 5.68. The van der Waals surface area contributed by atoms with Gasteiger partial charge in [-0.05, 0) is 39.0 Å². The lowest BCUT2D eigenvalue weighted by molar-refractivity contribution is -0.195. The van der Waals surface area contributed by atoms with E-state index in [-0.39, 0.29) is 5.60 Å². The van der Waals surface area contributed by atoms with Crippen LogP contribution in [0.2, 0.25) is 0 Å². The Morgan fingerprint density at radius 1 is 1.36 bits per heavy atom. The molecule has 2 nitrogen and oxygen atoms in total. The molecule has 0 aromatic heterocycles. The molecule has 2 atom stereocenters. The standard InChI is InChI=1S/C12H24O2/c1-4-12(3,14-10(2)13)11-8-6-5-7-9-11/h10-11,13H,4-9H2,1-3H3. The van der Waals surface area contributed by atoms with Gasteiger partial charge in [-0.15, -0.1) is 0 Å². The van der Waals surface area contributed by atoms with Gasteiger partial charge in [-0.2, -0.15) is 0 Å². The molecule has 0 bridgehead atoms. The molecular formula is C12H24O2. The Labute approximate surface area is 87.7 Å². The first kappa shape index (κ1) is 12.0. The number of aliphatic hydroxyl groups excluding tert-OH is 1. The van der Waals surface area contributed by atoms with Gasteiger partial charge < -0.3 is 9.84 Å². The summed E-state index contributed by atoms with van der Waals surface area (Å²) in [5.41, 5.74) is -0.116. The lowest BCUT2D eigenvalue weighted by atomic mass is 9.76. The molecule has 0 aliphatic heterocycles. The van der Waals surface area contributed by atoms with Crippen LogP contribution in [-0.2, 0) is 4.74 Å². The zero-order valence-corrected chi connectivity index (χ0v) is 9.75. The van der Waals surface area contributed by atoms with E-state index in [0.717, 1.165) is 6.42 Å². The predicted octanol–water partition coefficient (Wildman–Crippen LogP) is 3.09. The SMILES string of the molecule is CCC(C)(OC(C)O)C1CCCCC1. The molecule has 0 amide bonds. The molecule has 14 heavy (non-hydrogen) atoms. The molecule has 2 heteroatoms. The van der Waals surface area contributed by atoms with Gasteiger partial charge in [-0.3, -0.25) is 0 Å². The molecular weight excluding hydrogens is 176 g/mol. The Kier molecular flexibility index (Phi) is 4.39. The minimum absolute atomic E-state index is 0.116. The van der Waals surface area contributed by atoms with Crippen molar-refractivity contribution in [3.05, 3.63) is 0 Å². The van der Waals surface area contributed by atoms with E-state index in [1.165, 1.54) is 32.1 Å². The van der Waals surface area contributed by atoms with Crippen molar-refractivity contribution < 1.29 is 9.84 Å². The van der Waals surface area contributed by atoms with Crippen LogP contribution in [0.1, 0.15) is 59.3 Å². The van der Waals surface area contributed by atoms with Crippen molar-refractivity contribution in [1.29, 1.82) is 0 Å². The van der Waals surface area contributed by atoms with Crippen LogP contribution in [0.15, 0.2) is 0 Å². The van der Waals surface area contributed by atoms with Crippen molar-refractivity contribution >= 4 is 0 Å². The van der Waals surface area contributed by atoms with E-state index in [0.29, 0.717) is 5.92 Å². The smallest absolute Gasteiger partial charge is 0.152 e. The van der Waals surface area contributed by atoms with Crippen LogP contribution in [0.5, 0.6) is 0 Å². The van der Waals surface area contributed by atoms with Gasteiger partial charge in [0.15, 0.2) is 6.29 Å². The summed E-state index contributed by atoms with van der Waals surface area (Å²) in [5.74, 6) is 0.635. The van der Waals surface area contributed by atoms with Crippen molar-refractivity contribution in [2.24, 2.45) is 5.92 Å². The zero-order valence-electron chi connectivity index (χ0n) is 9.75. The van der Waals surface area contributed by atoms with E-state index in [1.54, 1.807) is 6.92 Å². The number of aliphatic hydroxyl groups is 1. The second-order valence-electron chi connectivity index (χ2n) is 4.72. The van der Waals surface area contributed by atoms with E-state index in [9.17, 15) is 5.11 Å². The number of ether oxygens (including phenoxy) is 1. The van der Waals surface area contributed by atoms with Crippen LogP contribution in [0.4, 0.5) is 0 Å². The Bertz CT molecular complexity index is 162. The summed E-state index contributed by atoms with van der Waals surface area (Å²) in [6.45, 7) is 6.00. The molecule has 1 fully saturated rings. The molecule has 0 spiro atoms. The van der Waals surface area contributed by atoms with Gasteiger partial charge in [0.1, 0.15) is 0 Å². The van der Waals surface area contributed by atoms with E-state index >= 15 is 0 Å². The highest BCUT2D eigenvalue weighted by molar-refractivity contribution is 4.85. The fourth-order valence-corrected chi connectivity index (χ4v) is 2.57. The molecule has 1 aliphatic rings. The number of rotatable bonds is 4. The van der Waals surface area contributed by atoms with E-state index in [2.05, 4.69) is 13.8 Å². The van der Waals surface area contributed by atoms with E-state index in [1.807, 2.05) is 0 Å². The maximum atomic E-state index is 9.33. The van der Waals surface area contributed by atoms with Crippen LogP contribution in [-0.4, -0.2) is 17.0 Å². The van der Waals surface area contributed by atoms with Gasteiger partial charge in [-0.25, -0.2) is 0 Å². The normalized spacial score (nSPS) is 25.7. The number of hydrogen-bond acceptors (Lipinski definition) is 2. The van der Waals surface area contributed by atoms with Crippen molar-refractivity contribution in [1.82, 2.24) is 0 Å². The first-order valence-electron chi connectivity index (χ1n) is 5.94. The van der Waals surface area contributed by atoms with Crippen LogP contribution >= 0.6 is 0 Å². The second kappa shape index (κ2) is 5.13. The molecule has 1 aliphatic carbocycles. The Morgan fingerprint density at radius 2 is 1.93 bits per heavy atom.